The summed E-state index contributed by atoms with van der Waals surface area (Å²) in [4.78, 5) is 10.5. The van der Waals surface area contributed by atoms with Crippen LogP contribution in [0.2, 0.25) is 0 Å². The number of nitroso groups, excluding NO2 is 1. The molecule has 0 aliphatic rings. The molecule has 0 unspecified atom stereocenters. The van der Waals surface area contributed by atoms with Crippen molar-refractivity contribution in [3.8, 4) is 11.8 Å². The van der Waals surface area contributed by atoms with Crippen molar-refractivity contribution >= 4 is 33.3 Å². The summed E-state index contributed by atoms with van der Waals surface area (Å²) in [5, 5.41) is 12.5. The van der Waals surface area contributed by atoms with Gasteiger partial charge in [-0.2, -0.15) is 5.26 Å². The Labute approximate surface area is 156 Å². The predicted octanol–water partition coefficient (Wildman–Crippen LogP) is 6.22. The number of halogens is 1. The minimum atomic E-state index is -0.109. The first-order chi connectivity index (χ1) is 11.8. The number of rotatable bonds is 4. The molecule has 0 N–H and O–H groups in total. The number of ether oxygens (including phenoxy) is 1. The van der Waals surface area contributed by atoms with Crippen molar-refractivity contribution in [2.24, 2.45) is 5.18 Å². The molecule has 0 saturated carbocycles. The van der Waals surface area contributed by atoms with Gasteiger partial charge in [-0.3, -0.25) is 0 Å². The average molecular weight is 399 g/mol. The summed E-state index contributed by atoms with van der Waals surface area (Å²) in [6.45, 7) is 6.34. The molecule has 0 radical (unpaired) electrons. The zero-order valence-electron chi connectivity index (χ0n) is 14.6. The van der Waals surface area contributed by atoms with Gasteiger partial charge < -0.3 is 4.74 Å². The molecule has 0 aliphatic heterocycles. The van der Waals surface area contributed by atoms with Gasteiger partial charge in [0.2, 0.25) is 0 Å². The number of benzene rings is 2. The van der Waals surface area contributed by atoms with Crippen molar-refractivity contribution in [2.75, 3.05) is 7.11 Å². The van der Waals surface area contributed by atoms with Crippen LogP contribution >= 0.6 is 15.9 Å². The molecule has 0 aliphatic carbocycles. The number of allylic oxidation sites excluding steroid dienone is 1. The molecule has 0 saturated heterocycles. The second-order valence-electron chi connectivity index (χ2n) is 6.63. The van der Waals surface area contributed by atoms with Crippen molar-refractivity contribution in [1.29, 1.82) is 5.26 Å². The Balaban J connectivity index is 2.62. The van der Waals surface area contributed by atoms with Crippen LogP contribution < -0.4 is 4.74 Å². The molecule has 2 aromatic carbocycles. The van der Waals surface area contributed by atoms with Crippen molar-refractivity contribution in [2.45, 2.75) is 26.2 Å². The monoisotopic (exact) mass is 398 g/mol. The lowest BCUT2D eigenvalue weighted by Crippen LogP contribution is -2.13. The third-order valence-corrected chi connectivity index (χ3v) is 4.26. The maximum atomic E-state index is 10.5. The quantitative estimate of drug-likeness (QED) is 0.348. The maximum absolute atomic E-state index is 10.5. The molecule has 0 bridgehead atoms. The zero-order valence-corrected chi connectivity index (χ0v) is 16.2. The van der Waals surface area contributed by atoms with Crippen LogP contribution in [0, 0.1) is 16.2 Å². The largest absolute Gasteiger partial charge is 0.496 e. The minimum absolute atomic E-state index is 0.109. The van der Waals surface area contributed by atoms with Crippen LogP contribution in [-0.2, 0) is 5.41 Å². The van der Waals surface area contributed by atoms with E-state index in [9.17, 15) is 10.2 Å². The van der Waals surface area contributed by atoms with Crippen LogP contribution in [0.25, 0.3) is 11.6 Å². The lowest BCUT2D eigenvalue weighted by molar-refractivity contribution is 0.396. The molecule has 0 aromatic heterocycles. The Kier molecular flexibility index (Phi) is 5.76. The average Bonchev–Trinajstić information content (AvgIpc) is 2.58. The van der Waals surface area contributed by atoms with Crippen LogP contribution in [0.4, 0.5) is 5.69 Å². The van der Waals surface area contributed by atoms with Crippen LogP contribution in [0.3, 0.4) is 0 Å². The van der Waals surface area contributed by atoms with Gasteiger partial charge in [0, 0.05) is 15.6 Å². The molecule has 2 aromatic rings. The Morgan fingerprint density at radius 1 is 1.24 bits per heavy atom. The van der Waals surface area contributed by atoms with E-state index in [1.807, 2.05) is 12.1 Å². The van der Waals surface area contributed by atoms with Crippen molar-refractivity contribution in [3.63, 3.8) is 0 Å². The fraction of sp³-hybridized carbons (Fsp3) is 0.250. The van der Waals surface area contributed by atoms with E-state index < -0.39 is 0 Å². The molecule has 0 amide bonds. The van der Waals surface area contributed by atoms with E-state index in [1.54, 1.807) is 37.5 Å². The fourth-order valence-corrected chi connectivity index (χ4v) is 3.02. The smallest absolute Gasteiger partial charge is 0.129 e. The van der Waals surface area contributed by atoms with Crippen molar-refractivity contribution < 1.29 is 4.74 Å². The molecule has 5 heteroatoms. The first-order valence-corrected chi connectivity index (χ1v) is 8.53. The summed E-state index contributed by atoms with van der Waals surface area (Å²) in [5.41, 5.74) is 3.28. The highest BCUT2D eigenvalue weighted by Crippen LogP contribution is 2.38. The summed E-state index contributed by atoms with van der Waals surface area (Å²) < 4.78 is 6.56. The molecular formula is C20H19BrN2O2. The fourth-order valence-electron chi connectivity index (χ4n) is 2.54. The highest BCUT2D eigenvalue weighted by molar-refractivity contribution is 9.10. The Hall–Kier alpha value is -2.45. The first kappa shape index (κ1) is 18.9. The third-order valence-electron chi connectivity index (χ3n) is 3.80. The Morgan fingerprint density at radius 3 is 2.36 bits per heavy atom. The van der Waals surface area contributed by atoms with E-state index >= 15 is 0 Å². The zero-order chi connectivity index (χ0) is 18.6. The van der Waals surface area contributed by atoms with Crippen molar-refractivity contribution in [3.05, 3.63) is 62.5 Å². The normalized spacial score (nSPS) is 11.8. The van der Waals surface area contributed by atoms with E-state index in [2.05, 4.69) is 47.9 Å². The van der Waals surface area contributed by atoms with Crippen LogP contribution in [0.1, 0.15) is 37.5 Å². The lowest BCUT2D eigenvalue weighted by Gasteiger charge is -2.24. The number of methoxy groups -OCH3 is 1. The van der Waals surface area contributed by atoms with E-state index in [4.69, 9.17) is 4.74 Å². The van der Waals surface area contributed by atoms with Crippen LogP contribution in [-0.4, -0.2) is 7.11 Å². The number of hydrogen-bond acceptors (Lipinski definition) is 4. The predicted molar refractivity (Wildman–Crippen MR) is 105 cm³/mol. The minimum Gasteiger partial charge on any atom is -0.496 e. The highest BCUT2D eigenvalue weighted by Gasteiger charge is 2.21. The van der Waals surface area contributed by atoms with E-state index in [-0.39, 0.29) is 5.41 Å². The third kappa shape index (κ3) is 4.34. The molecule has 25 heavy (non-hydrogen) atoms. The topological polar surface area (TPSA) is 62.4 Å². The number of nitrogens with zero attached hydrogens (tertiary/aromatic N) is 2. The molecule has 4 nitrogen and oxygen atoms in total. The Bertz CT molecular complexity index is 857. The molecule has 0 heterocycles. The van der Waals surface area contributed by atoms with Crippen LogP contribution in [0.5, 0.6) is 5.75 Å². The van der Waals surface area contributed by atoms with Gasteiger partial charge in [0.1, 0.15) is 11.4 Å². The van der Waals surface area contributed by atoms with Gasteiger partial charge in [-0.1, -0.05) is 48.8 Å². The summed E-state index contributed by atoms with van der Waals surface area (Å²) in [5.74, 6) is 0.745. The van der Waals surface area contributed by atoms with E-state index in [0.717, 1.165) is 21.3 Å². The highest BCUT2D eigenvalue weighted by atomic mass is 79.9. The maximum Gasteiger partial charge on any atom is 0.129 e. The van der Waals surface area contributed by atoms with Gasteiger partial charge in [0.25, 0.3) is 0 Å². The lowest BCUT2D eigenvalue weighted by atomic mass is 9.85. The molecule has 2 rings (SSSR count). The SMILES string of the molecule is COc1c(/C=C(\C#N)c2ccc(N=O)cc2)cc(Br)cc1C(C)(C)C. The van der Waals surface area contributed by atoms with Gasteiger partial charge in [-0.15, -0.1) is 4.91 Å². The summed E-state index contributed by atoms with van der Waals surface area (Å²) in [6, 6.07) is 12.8. The molecular weight excluding hydrogens is 380 g/mol. The summed E-state index contributed by atoms with van der Waals surface area (Å²) in [6.07, 6.45) is 1.79. The van der Waals surface area contributed by atoms with Crippen molar-refractivity contribution in [1.82, 2.24) is 0 Å². The van der Waals surface area contributed by atoms with Gasteiger partial charge in [-0.05, 0) is 46.5 Å². The summed E-state index contributed by atoms with van der Waals surface area (Å²) >= 11 is 3.54. The van der Waals surface area contributed by atoms with Gasteiger partial charge in [-0.25, -0.2) is 0 Å². The van der Waals surface area contributed by atoms with E-state index in [0.29, 0.717) is 16.8 Å². The molecule has 0 fully saturated rings. The molecule has 0 spiro atoms. The van der Waals surface area contributed by atoms with Gasteiger partial charge in [0.15, 0.2) is 0 Å². The Morgan fingerprint density at radius 2 is 1.88 bits per heavy atom. The number of nitriles is 1. The standard InChI is InChI=1S/C20H19BrN2O2/c1-20(2,3)18-11-16(21)10-14(19(18)25-4)9-15(12-22)13-5-7-17(23-24)8-6-13/h5-11H,1-4H3/b15-9+. The van der Waals surface area contributed by atoms with E-state index in [1.165, 1.54) is 0 Å². The first-order valence-electron chi connectivity index (χ1n) is 7.73. The number of hydrogen-bond donors (Lipinski definition) is 0. The van der Waals surface area contributed by atoms with Crippen LogP contribution in [0.15, 0.2) is 46.0 Å². The second kappa shape index (κ2) is 7.62. The molecule has 128 valence electrons. The molecule has 0 atom stereocenters. The second-order valence-corrected chi connectivity index (χ2v) is 7.55. The summed E-state index contributed by atoms with van der Waals surface area (Å²) in [7, 11) is 1.63. The van der Waals surface area contributed by atoms with Gasteiger partial charge in [0.05, 0.1) is 18.8 Å². The van der Waals surface area contributed by atoms with Gasteiger partial charge >= 0.3 is 0 Å².